The fourth-order valence-corrected chi connectivity index (χ4v) is 2.18. The quantitative estimate of drug-likeness (QED) is 0.748. The summed E-state index contributed by atoms with van der Waals surface area (Å²) < 4.78 is 11.0. The van der Waals surface area contributed by atoms with E-state index in [0.717, 1.165) is 5.69 Å². The van der Waals surface area contributed by atoms with E-state index in [9.17, 15) is 4.79 Å². The average Bonchev–Trinajstić information content (AvgIpc) is 2.49. The predicted molar refractivity (Wildman–Crippen MR) is 80.1 cm³/mol. The van der Waals surface area contributed by atoms with Gasteiger partial charge in [-0.3, -0.25) is 4.79 Å². The van der Waals surface area contributed by atoms with Crippen LogP contribution in [0.5, 0.6) is 11.5 Å². The van der Waals surface area contributed by atoms with Gasteiger partial charge in [-0.2, -0.15) is 0 Å². The van der Waals surface area contributed by atoms with Gasteiger partial charge in [0, 0.05) is 11.8 Å². The van der Waals surface area contributed by atoms with E-state index in [0.29, 0.717) is 41.7 Å². The Hall–Kier alpha value is -2.89. The number of nitrogens with two attached hydrogens (primary N) is 2. The normalized spacial score (nSPS) is 12.8. The number of hydrogen-bond acceptors (Lipinski definition) is 5. The van der Waals surface area contributed by atoms with Gasteiger partial charge in [-0.25, -0.2) is 0 Å². The molecule has 0 saturated carbocycles. The standard InChI is InChI=1S/C15H15N3O3/c16-11-3-1-2-10(15(17)19)14(11)18-9-4-5-12-13(8-9)21-7-6-20-12/h1-5,8,18H,6-7,16H2,(H2,17,19). The van der Waals surface area contributed by atoms with E-state index in [4.69, 9.17) is 20.9 Å². The van der Waals surface area contributed by atoms with Crippen molar-refractivity contribution in [3.8, 4) is 11.5 Å². The Morgan fingerprint density at radius 3 is 2.62 bits per heavy atom. The molecule has 2 aromatic rings. The Kier molecular flexibility index (Phi) is 3.27. The number of rotatable bonds is 3. The van der Waals surface area contributed by atoms with E-state index in [1.54, 1.807) is 30.3 Å². The Labute approximate surface area is 121 Å². The van der Waals surface area contributed by atoms with Crippen LogP contribution in [0.2, 0.25) is 0 Å². The SMILES string of the molecule is NC(=O)c1cccc(N)c1Nc1ccc2c(c1)OCCO2. The van der Waals surface area contributed by atoms with Gasteiger partial charge in [0.1, 0.15) is 13.2 Å². The summed E-state index contributed by atoms with van der Waals surface area (Å²) in [6.07, 6.45) is 0. The lowest BCUT2D eigenvalue weighted by Gasteiger charge is -2.20. The van der Waals surface area contributed by atoms with Crippen molar-refractivity contribution in [2.75, 3.05) is 24.3 Å². The minimum atomic E-state index is -0.539. The number of carbonyl (C=O) groups is 1. The largest absolute Gasteiger partial charge is 0.486 e. The molecule has 0 unspecified atom stereocenters. The van der Waals surface area contributed by atoms with Crippen molar-refractivity contribution >= 4 is 23.0 Å². The molecular weight excluding hydrogens is 270 g/mol. The Morgan fingerprint density at radius 2 is 1.86 bits per heavy atom. The average molecular weight is 285 g/mol. The van der Waals surface area contributed by atoms with E-state index in [2.05, 4.69) is 5.32 Å². The number of ether oxygens (including phenoxy) is 2. The lowest BCUT2D eigenvalue weighted by Crippen LogP contribution is -2.16. The first-order valence-corrected chi connectivity index (χ1v) is 6.50. The fourth-order valence-electron chi connectivity index (χ4n) is 2.18. The second kappa shape index (κ2) is 5.24. The van der Waals surface area contributed by atoms with E-state index >= 15 is 0 Å². The Morgan fingerprint density at radius 1 is 1.10 bits per heavy atom. The van der Waals surface area contributed by atoms with Gasteiger partial charge in [0.05, 0.1) is 16.9 Å². The number of hydrogen-bond donors (Lipinski definition) is 3. The third kappa shape index (κ3) is 2.55. The minimum Gasteiger partial charge on any atom is -0.486 e. The van der Waals surface area contributed by atoms with Crippen molar-refractivity contribution < 1.29 is 14.3 Å². The molecular formula is C15H15N3O3. The summed E-state index contributed by atoms with van der Waals surface area (Å²) in [4.78, 5) is 11.5. The molecule has 21 heavy (non-hydrogen) atoms. The fraction of sp³-hybridized carbons (Fsp3) is 0.133. The molecule has 0 bridgehead atoms. The third-order valence-electron chi connectivity index (χ3n) is 3.17. The van der Waals surface area contributed by atoms with Gasteiger partial charge in [0.2, 0.25) is 0 Å². The van der Waals surface area contributed by atoms with Crippen LogP contribution in [0.4, 0.5) is 17.1 Å². The summed E-state index contributed by atoms with van der Waals surface area (Å²) in [7, 11) is 0. The number of fused-ring (bicyclic) bond motifs is 1. The molecule has 0 aromatic heterocycles. The number of para-hydroxylation sites is 1. The lowest BCUT2D eigenvalue weighted by molar-refractivity contribution is 0.100. The summed E-state index contributed by atoms with van der Waals surface area (Å²) in [6, 6.07) is 10.4. The molecule has 6 heteroatoms. The van der Waals surface area contributed by atoms with Gasteiger partial charge in [0.25, 0.3) is 5.91 Å². The highest BCUT2D eigenvalue weighted by Crippen LogP contribution is 2.35. The molecule has 1 aliphatic rings. The number of benzene rings is 2. The first-order valence-electron chi connectivity index (χ1n) is 6.50. The van der Waals surface area contributed by atoms with E-state index in [1.165, 1.54) is 0 Å². The van der Waals surface area contributed by atoms with Crippen molar-refractivity contribution in [1.29, 1.82) is 0 Å². The molecule has 0 fully saturated rings. The molecule has 0 spiro atoms. The lowest BCUT2D eigenvalue weighted by atomic mass is 10.1. The summed E-state index contributed by atoms with van der Waals surface area (Å²) in [6.45, 7) is 1.05. The molecule has 6 nitrogen and oxygen atoms in total. The van der Waals surface area contributed by atoms with Gasteiger partial charge < -0.3 is 26.3 Å². The van der Waals surface area contributed by atoms with Gasteiger partial charge in [-0.1, -0.05) is 6.07 Å². The van der Waals surface area contributed by atoms with Gasteiger partial charge >= 0.3 is 0 Å². The molecule has 1 aliphatic heterocycles. The van der Waals surface area contributed by atoms with Crippen LogP contribution in [0.15, 0.2) is 36.4 Å². The number of nitrogens with one attached hydrogen (secondary N) is 1. The van der Waals surface area contributed by atoms with Crippen LogP contribution in [-0.2, 0) is 0 Å². The van der Waals surface area contributed by atoms with Crippen LogP contribution >= 0.6 is 0 Å². The first kappa shape index (κ1) is 13.1. The molecule has 1 heterocycles. The molecule has 2 aromatic carbocycles. The van der Waals surface area contributed by atoms with Crippen molar-refractivity contribution in [2.45, 2.75) is 0 Å². The number of carbonyl (C=O) groups excluding carboxylic acids is 1. The van der Waals surface area contributed by atoms with Crippen LogP contribution in [-0.4, -0.2) is 19.1 Å². The Bertz CT molecular complexity index is 701. The van der Waals surface area contributed by atoms with E-state index < -0.39 is 5.91 Å². The highest BCUT2D eigenvalue weighted by Gasteiger charge is 2.14. The second-order valence-electron chi connectivity index (χ2n) is 4.62. The van der Waals surface area contributed by atoms with E-state index in [1.807, 2.05) is 6.07 Å². The molecule has 5 N–H and O–H groups in total. The van der Waals surface area contributed by atoms with E-state index in [-0.39, 0.29) is 0 Å². The molecule has 0 saturated heterocycles. The zero-order chi connectivity index (χ0) is 14.8. The van der Waals surface area contributed by atoms with Crippen molar-refractivity contribution in [1.82, 2.24) is 0 Å². The third-order valence-corrected chi connectivity index (χ3v) is 3.17. The number of amides is 1. The number of anilines is 3. The van der Waals surface area contributed by atoms with Crippen LogP contribution in [0.25, 0.3) is 0 Å². The predicted octanol–water partition coefficient (Wildman–Crippen LogP) is 1.88. The monoisotopic (exact) mass is 285 g/mol. The maximum absolute atomic E-state index is 11.5. The van der Waals surface area contributed by atoms with Crippen LogP contribution < -0.4 is 26.3 Å². The highest BCUT2D eigenvalue weighted by molar-refractivity contribution is 6.02. The summed E-state index contributed by atoms with van der Waals surface area (Å²) in [5.41, 5.74) is 13.3. The van der Waals surface area contributed by atoms with Crippen LogP contribution in [0.3, 0.4) is 0 Å². The van der Waals surface area contributed by atoms with Crippen molar-refractivity contribution in [2.24, 2.45) is 5.73 Å². The molecule has 0 atom stereocenters. The zero-order valence-electron chi connectivity index (χ0n) is 11.3. The molecule has 0 radical (unpaired) electrons. The number of primary amides is 1. The topological polar surface area (TPSA) is 99.6 Å². The molecule has 1 amide bonds. The first-order chi connectivity index (χ1) is 10.1. The smallest absolute Gasteiger partial charge is 0.250 e. The zero-order valence-corrected chi connectivity index (χ0v) is 11.3. The van der Waals surface area contributed by atoms with Crippen molar-refractivity contribution in [3.63, 3.8) is 0 Å². The number of nitrogen functional groups attached to an aromatic ring is 1. The van der Waals surface area contributed by atoms with Crippen molar-refractivity contribution in [3.05, 3.63) is 42.0 Å². The summed E-state index contributed by atoms with van der Waals surface area (Å²) >= 11 is 0. The maximum Gasteiger partial charge on any atom is 0.250 e. The maximum atomic E-state index is 11.5. The second-order valence-corrected chi connectivity index (χ2v) is 4.62. The van der Waals surface area contributed by atoms with Gasteiger partial charge in [-0.05, 0) is 24.3 Å². The van der Waals surface area contributed by atoms with Crippen LogP contribution in [0, 0.1) is 0 Å². The van der Waals surface area contributed by atoms with Gasteiger partial charge in [-0.15, -0.1) is 0 Å². The molecule has 108 valence electrons. The molecule has 0 aliphatic carbocycles. The summed E-state index contributed by atoms with van der Waals surface area (Å²) in [5.74, 6) is 0.812. The van der Waals surface area contributed by atoms with Gasteiger partial charge in [0.15, 0.2) is 11.5 Å². The Balaban J connectivity index is 1.95. The summed E-state index contributed by atoms with van der Waals surface area (Å²) in [5, 5.41) is 3.11. The minimum absolute atomic E-state index is 0.338. The highest BCUT2D eigenvalue weighted by atomic mass is 16.6. The van der Waals surface area contributed by atoms with Crippen LogP contribution in [0.1, 0.15) is 10.4 Å². The molecule has 3 rings (SSSR count).